The van der Waals surface area contributed by atoms with E-state index in [0.29, 0.717) is 6.04 Å². The summed E-state index contributed by atoms with van der Waals surface area (Å²) in [7, 11) is 2.19. The summed E-state index contributed by atoms with van der Waals surface area (Å²) in [6, 6.07) is 9.21. The molecule has 1 aliphatic rings. The largest absolute Gasteiger partial charge is 0.368 e. The van der Waals surface area contributed by atoms with Gasteiger partial charge in [-0.3, -0.25) is 0 Å². The van der Waals surface area contributed by atoms with Crippen molar-refractivity contribution in [1.82, 2.24) is 4.90 Å². The SMILES string of the molecule is CC1CN(c2ccccc2[C@@H](C)N)CCN1C. The van der Waals surface area contributed by atoms with Crippen LogP contribution in [0.2, 0.25) is 0 Å². The Hall–Kier alpha value is -1.06. The Bertz CT molecular complexity index is 375. The molecule has 3 nitrogen and oxygen atoms in total. The molecule has 94 valence electrons. The van der Waals surface area contributed by atoms with E-state index in [-0.39, 0.29) is 6.04 Å². The number of benzene rings is 1. The molecule has 1 heterocycles. The van der Waals surface area contributed by atoms with E-state index in [1.54, 1.807) is 0 Å². The van der Waals surface area contributed by atoms with Gasteiger partial charge < -0.3 is 15.5 Å². The van der Waals surface area contributed by atoms with Gasteiger partial charge in [0.05, 0.1) is 0 Å². The second-order valence-corrected chi connectivity index (χ2v) is 5.12. The minimum absolute atomic E-state index is 0.0983. The van der Waals surface area contributed by atoms with Crippen molar-refractivity contribution in [2.45, 2.75) is 25.9 Å². The molecular weight excluding hydrogens is 210 g/mol. The van der Waals surface area contributed by atoms with Gasteiger partial charge in [-0.2, -0.15) is 0 Å². The van der Waals surface area contributed by atoms with Crippen LogP contribution in [0.5, 0.6) is 0 Å². The molecule has 0 amide bonds. The molecule has 2 atom stereocenters. The van der Waals surface area contributed by atoms with Gasteiger partial charge in [0.25, 0.3) is 0 Å². The fourth-order valence-electron chi connectivity index (χ4n) is 2.43. The summed E-state index contributed by atoms with van der Waals surface area (Å²) < 4.78 is 0. The van der Waals surface area contributed by atoms with Crippen LogP contribution in [0, 0.1) is 0 Å². The standard InChI is InChI=1S/C14H23N3/c1-11-10-17(9-8-16(11)3)14-7-5-4-6-13(14)12(2)15/h4-7,11-12H,8-10,15H2,1-3H3/t11?,12-/m1/s1. The predicted molar refractivity (Wildman–Crippen MR) is 73.3 cm³/mol. The van der Waals surface area contributed by atoms with Gasteiger partial charge in [-0.15, -0.1) is 0 Å². The maximum Gasteiger partial charge on any atom is 0.0415 e. The first-order chi connectivity index (χ1) is 8.09. The zero-order valence-corrected chi connectivity index (χ0v) is 11.1. The van der Waals surface area contributed by atoms with Crippen molar-refractivity contribution in [3.63, 3.8) is 0 Å². The number of rotatable bonds is 2. The Morgan fingerprint density at radius 2 is 2.00 bits per heavy atom. The number of hydrogen-bond acceptors (Lipinski definition) is 3. The molecule has 2 N–H and O–H groups in total. The van der Waals surface area contributed by atoms with Crippen molar-refractivity contribution in [2.75, 3.05) is 31.6 Å². The third kappa shape index (κ3) is 2.61. The first kappa shape index (κ1) is 12.4. The lowest BCUT2D eigenvalue weighted by Crippen LogP contribution is -2.50. The van der Waals surface area contributed by atoms with E-state index >= 15 is 0 Å². The lowest BCUT2D eigenvalue weighted by molar-refractivity contribution is 0.234. The van der Waals surface area contributed by atoms with Crippen LogP contribution >= 0.6 is 0 Å². The molecule has 3 heteroatoms. The summed E-state index contributed by atoms with van der Waals surface area (Å²) in [4.78, 5) is 4.87. The molecule has 0 aromatic heterocycles. The Balaban J connectivity index is 2.22. The summed E-state index contributed by atoms with van der Waals surface area (Å²) >= 11 is 0. The van der Waals surface area contributed by atoms with Gasteiger partial charge >= 0.3 is 0 Å². The number of nitrogens with zero attached hydrogens (tertiary/aromatic N) is 2. The van der Waals surface area contributed by atoms with Crippen molar-refractivity contribution in [1.29, 1.82) is 0 Å². The van der Waals surface area contributed by atoms with Gasteiger partial charge in [0.2, 0.25) is 0 Å². The average Bonchev–Trinajstić information content (AvgIpc) is 2.32. The molecular formula is C14H23N3. The smallest absolute Gasteiger partial charge is 0.0415 e. The lowest BCUT2D eigenvalue weighted by Gasteiger charge is -2.40. The minimum Gasteiger partial charge on any atom is -0.368 e. The third-order valence-corrected chi connectivity index (χ3v) is 3.73. The number of likely N-dealkylation sites (N-methyl/N-ethyl adjacent to an activating group) is 1. The summed E-state index contributed by atoms with van der Waals surface area (Å²) in [5.41, 5.74) is 8.61. The second-order valence-electron chi connectivity index (χ2n) is 5.12. The van der Waals surface area contributed by atoms with Crippen molar-refractivity contribution >= 4 is 5.69 Å². The van der Waals surface area contributed by atoms with Gasteiger partial charge in [0, 0.05) is 37.4 Å². The van der Waals surface area contributed by atoms with Gasteiger partial charge in [-0.05, 0) is 32.5 Å². The molecule has 1 aromatic rings. The highest BCUT2D eigenvalue weighted by atomic mass is 15.3. The van der Waals surface area contributed by atoms with Gasteiger partial charge in [0.15, 0.2) is 0 Å². The Morgan fingerprint density at radius 3 is 2.65 bits per heavy atom. The first-order valence-corrected chi connectivity index (χ1v) is 6.39. The van der Waals surface area contributed by atoms with Gasteiger partial charge in [-0.25, -0.2) is 0 Å². The quantitative estimate of drug-likeness (QED) is 0.846. The van der Waals surface area contributed by atoms with Crippen LogP contribution in [0.4, 0.5) is 5.69 Å². The van der Waals surface area contributed by atoms with Crippen LogP contribution in [-0.4, -0.2) is 37.6 Å². The van der Waals surface area contributed by atoms with Crippen molar-refractivity contribution < 1.29 is 0 Å². The van der Waals surface area contributed by atoms with Crippen molar-refractivity contribution in [2.24, 2.45) is 5.73 Å². The molecule has 2 rings (SSSR count). The molecule has 17 heavy (non-hydrogen) atoms. The van der Waals surface area contributed by atoms with E-state index < -0.39 is 0 Å². The Morgan fingerprint density at radius 1 is 1.29 bits per heavy atom. The molecule has 1 unspecified atom stereocenters. The number of hydrogen-bond donors (Lipinski definition) is 1. The van der Waals surface area contributed by atoms with E-state index in [4.69, 9.17) is 5.73 Å². The fourth-order valence-corrected chi connectivity index (χ4v) is 2.43. The number of anilines is 1. The molecule has 0 saturated carbocycles. The van der Waals surface area contributed by atoms with E-state index in [1.165, 1.54) is 11.3 Å². The molecule has 1 saturated heterocycles. The summed E-state index contributed by atoms with van der Waals surface area (Å²) in [6.07, 6.45) is 0. The second kappa shape index (κ2) is 5.07. The zero-order valence-electron chi connectivity index (χ0n) is 11.1. The van der Waals surface area contributed by atoms with Crippen LogP contribution in [0.1, 0.15) is 25.5 Å². The molecule has 1 fully saturated rings. The van der Waals surface area contributed by atoms with E-state index in [0.717, 1.165) is 19.6 Å². The van der Waals surface area contributed by atoms with Gasteiger partial charge in [0.1, 0.15) is 0 Å². The number of piperazine rings is 1. The minimum atomic E-state index is 0.0983. The topological polar surface area (TPSA) is 32.5 Å². The molecule has 1 aliphatic heterocycles. The predicted octanol–water partition coefficient (Wildman–Crippen LogP) is 1.85. The molecule has 0 spiro atoms. The summed E-state index contributed by atoms with van der Waals surface area (Å²) in [5.74, 6) is 0. The maximum atomic E-state index is 6.05. The van der Waals surface area contributed by atoms with Crippen LogP contribution in [0.15, 0.2) is 24.3 Å². The van der Waals surface area contributed by atoms with Crippen molar-refractivity contribution in [3.05, 3.63) is 29.8 Å². The molecule has 1 aromatic carbocycles. The van der Waals surface area contributed by atoms with E-state index in [9.17, 15) is 0 Å². The maximum absolute atomic E-state index is 6.05. The highest BCUT2D eigenvalue weighted by molar-refractivity contribution is 5.55. The molecule has 0 aliphatic carbocycles. The van der Waals surface area contributed by atoms with Crippen LogP contribution < -0.4 is 10.6 Å². The average molecular weight is 233 g/mol. The summed E-state index contributed by atoms with van der Waals surface area (Å²) in [6.45, 7) is 7.62. The zero-order chi connectivity index (χ0) is 12.4. The Labute approximate surface area is 104 Å². The number of para-hydroxylation sites is 1. The van der Waals surface area contributed by atoms with Crippen LogP contribution in [0.25, 0.3) is 0 Å². The summed E-state index contributed by atoms with van der Waals surface area (Å²) in [5, 5.41) is 0. The third-order valence-electron chi connectivity index (χ3n) is 3.73. The molecule has 0 bridgehead atoms. The highest BCUT2D eigenvalue weighted by Crippen LogP contribution is 2.26. The Kier molecular flexibility index (Phi) is 3.69. The van der Waals surface area contributed by atoms with Gasteiger partial charge in [-0.1, -0.05) is 18.2 Å². The van der Waals surface area contributed by atoms with E-state index in [2.05, 4.69) is 55.0 Å². The normalized spacial score (nSPS) is 23.8. The van der Waals surface area contributed by atoms with E-state index in [1.807, 2.05) is 0 Å². The molecule has 0 radical (unpaired) electrons. The highest BCUT2D eigenvalue weighted by Gasteiger charge is 2.22. The number of nitrogens with two attached hydrogens (primary N) is 1. The van der Waals surface area contributed by atoms with Crippen LogP contribution in [-0.2, 0) is 0 Å². The first-order valence-electron chi connectivity index (χ1n) is 6.39. The van der Waals surface area contributed by atoms with Crippen molar-refractivity contribution in [3.8, 4) is 0 Å². The fraction of sp³-hybridized carbons (Fsp3) is 0.571. The monoisotopic (exact) mass is 233 g/mol. The lowest BCUT2D eigenvalue weighted by atomic mass is 10.0. The van der Waals surface area contributed by atoms with Crippen LogP contribution in [0.3, 0.4) is 0 Å².